The van der Waals surface area contributed by atoms with E-state index in [1.165, 1.54) is 12.8 Å². The van der Waals surface area contributed by atoms with Gasteiger partial charge in [-0.3, -0.25) is 0 Å². The van der Waals surface area contributed by atoms with Crippen molar-refractivity contribution in [1.82, 2.24) is 0 Å². The lowest BCUT2D eigenvalue weighted by Gasteiger charge is -2.60. The summed E-state index contributed by atoms with van der Waals surface area (Å²) >= 11 is 0. The van der Waals surface area contributed by atoms with Gasteiger partial charge in [0.05, 0.1) is 0 Å². The molecule has 2 aliphatic carbocycles. The Bertz CT molecular complexity index is 277. The van der Waals surface area contributed by atoms with E-state index < -0.39 is 0 Å². The van der Waals surface area contributed by atoms with Crippen LogP contribution in [-0.4, -0.2) is 10.5 Å². The van der Waals surface area contributed by atoms with Crippen LogP contribution in [0.5, 0.6) is 0 Å². The summed E-state index contributed by atoms with van der Waals surface area (Å²) in [7, 11) is 4.36. The second-order valence-corrected chi connectivity index (χ2v) is 11.7. The van der Waals surface area contributed by atoms with Crippen LogP contribution in [0.2, 0.25) is 0 Å². The van der Waals surface area contributed by atoms with Gasteiger partial charge < -0.3 is 0 Å². The summed E-state index contributed by atoms with van der Waals surface area (Å²) in [5.74, 6) is 0. The molecule has 0 aliphatic heterocycles. The van der Waals surface area contributed by atoms with Gasteiger partial charge in [-0.2, -0.15) is 0 Å². The molecule has 2 saturated carbocycles. The van der Waals surface area contributed by atoms with Gasteiger partial charge in [-0.1, -0.05) is 77.0 Å². The second-order valence-electron chi connectivity index (χ2n) is 9.26. The predicted octanol–water partition coefficient (Wildman–Crippen LogP) is 6.02. The normalized spacial score (nSPS) is 32.7. The van der Waals surface area contributed by atoms with Crippen LogP contribution in [-0.2, 0) is 0 Å². The van der Waals surface area contributed by atoms with Crippen LogP contribution in [0.3, 0.4) is 0 Å². The highest BCUT2D eigenvalue weighted by molar-refractivity contribution is 8.77. The van der Waals surface area contributed by atoms with Gasteiger partial charge in [0.2, 0.25) is 0 Å². The largest absolute Gasteiger partial charge is 0.0893 e. The highest BCUT2D eigenvalue weighted by Crippen LogP contribution is 2.67. The quantitative estimate of drug-likeness (QED) is 0.582. The standard InChI is InChI=1S/C16H30S2/c1-13(2)9-14(3,4)11(13)17-18-12-15(5,6)10-16(12,7)8/h11-12H,9-10H2,1-8H3. The van der Waals surface area contributed by atoms with E-state index in [9.17, 15) is 0 Å². The Morgan fingerprint density at radius 2 is 0.778 bits per heavy atom. The van der Waals surface area contributed by atoms with E-state index in [1.807, 2.05) is 0 Å². The molecule has 0 amide bonds. The van der Waals surface area contributed by atoms with Crippen LogP contribution in [0.25, 0.3) is 0 Å². The average molecular weight is 287 g/mol. The lowest BCUT2D eigenvalue weighted by atomic mass is 9.56. The Balaban J connectivity index is 1.96. The van der Waals surface area contributed by atoms with Crippen LogP contribution < -0.4 is 0 Å². The maximum Gasteiger partial charge on any atom is 0.0254 e. The first-order valence-corrected chi connectivity index (χ1v) is 9.48. The molecule has 106 valence electrons. The summed E-state index contributed by atoms with van der Waals surface area (Å²) < 4.78 is 0. The molecule has 0 aromatic carbocycles. The molecule has 0 atom stereocenters. The molecule has 0 N–H and O–H groups in total. The summed E-state index contributed by atoms with van der Waals surface area (Å²) in [6, 6.07) is 0. The third-order valence-corrected chi connectivity index (χ3v) is 9.45. The summed E-state index contributed by atoms with van der Waals surface area (Å²) in [6.45, 7) is 19.5. The molecule has 0 heterocycles. The zero-order valence-electron chi connectivity index (χ0n) is 13.4. The van der Waals surface area contributed by atoms with Crippen LogP contribution in [0, 0.1) is 21.7 Å². The molecule has 2 heteroatoms. The zero-order valence-corrected chi connectivity index (χ0v) is 15.0. The van der Waals surface area contributed by atoms with Crippen LogP contribution in [0.1, 0.15) is 68.2 Å². The van der Waals surface area contributed by atoms with Crippen molar-refractivity contribution in [1.29, 1.82) is 0 Å². The minimum atomic E-state index is 0.527. The van der Waals surface area contributed by atoms with Crippen molar-refractivity contribution in [3.63, 3.8) is 0 Å². The van der Waals surface area contributed by atoms with Crippen molar-refractivity contribution in [2.75, 3.05) is 0 Å². The van der Waals surface area contributed by atoms with Gasteiger partial charge in [0.25, 0.3) is 0 Å². The van der Waals surface area contributed by atoms with E-state index >= 15 is 0 Å². The molecule has 18 heavy (non-hydrogen) atoms. The Morgan fingerprint density at radius 3 is 0.944 bits per heavy atom. The zero-order chi connectivity index (χ0) is 14.0. The van der Waals surface area contributed by atoms with Gasteiger partial charge in [-0.25, -0.2) is 0 Å². The van der Waals surface area contributed by atoms with E-state index in [4.69, 9.17) is 0 Å². The Labute approximate surface area is 122 Å². The molecule has 2 aliphatic rings. The minimum absolute atomic E-state index is 0.527. The van der Waals surface area contributed by atoms with Crippen LogP contribution in [0.15, 0.2) is 0 Å². The second kappa shape index (κ2) is 4.10. The SMILES string of the molecule is CC1(C)CC(C)(C)C1SSC1C(C)(C)CC1(C)C. The fourth-order valence-corrected chi connectivity index (χ4v) is 10.6. The Kier molecular flexibility index (Phi) is 3.44. The van der Waals surface area contributed by atoms with Gasteiger partial charge in [0.15, 0.2) is 0 Å². The van der Waals surface area contributed by atoms with Gasteiger partial charge in [0, 0.05) is 10.5 Å². The fraction of sp³-hybridized carbons (Fsp3) is 1.00. The molecule has 0 spiro atoms. The molecule has 0 aromatic heterocycles. The molecule has 0 unspecified atom stereocenters. The molecule has 0 radical (unpaired) electrons. The van der Waals surface area contributed by atoms with Crippen molar-refractivity contribution in [2.24, 2.45) is 21.7 Å². The van der Waals surface area contributed by atoms with Crippen molar-refractivity contribution in [3.05, 3.63) is 0 Å². The van der Waals surface area contributed by atoms with Crippen molar-refractivity contribution >= 4 is 21.6 Å². The maximum atomic E-state index is 2.44. The van der Waals surface area contributed by atoms with Crippen molar-refractivity contribution < 1.29 is 0 Å². The van der Waals surface area contributed by atoms with Crippen molar-refractivity contribution in [3.8, 4) is 0 Å². The van der Waals surface area contributed by atoms with Crippen LogP contribution >= 0.6 is 21.6 Å². The summed E-state index contributed by atoms with van der Waals surface area (Å²) in [4.78, 5) is 0. The molecule has 2 fully saturated rings. The topological polar surface area (TPSA) is 0 Å². The van der Waals surface area contributed by atoms with Gasteiger partial charge in [0.1, 0.15) is 0 Å². The molecular formula is C16H30S2. The highest BCUT2D eigenvalue weighted by Gasteiger charge is 2.57. The summed E-state index contributed by atoms with van der Waals surface area (Å²) in [6.07, 6.45) is 2.74. The Hall–Kier alpha value is 0.700. The average Bonchev–Trinajstić information content (AvgIpc) is 2.06. The van der Waals surface area contributed by atoms with Crippen LogP contribution in [0.4, 0.5) is 0 Å². The summed E-state index contributed by atoms with van der Waals surface area (Å²) in [5.41, 5.74) is 2.11. The fourth-order valence-electron chi connectivity index (χ4n) is 5.20. The first-order chi connectivity index (χ1) is 7.89. The maximum absolute atomic E-state index is 2.44. The van der Waals surface area contributed by atoms with E-state index in [0.717, 1.165) is 10.5 Å². The lowest BCUT2D eigenvalue weighted by molar-refractivity contribution is 0.0319. The number of hydrogen-bond acceptors (Lipinski definition) is 2. The molecule has 0 nitrogen and oxygen atoms in total. The highest BCUT2D eigenvalue weighted by atomic mass is 33.1. The third-order valence-electron chi connectivity index (χ3n) is 4.91. The number of hydrogen-bond donors (Lipinski definition) is 0. The lowest BCUT2D eigenvalue weighted by Crippen LogP contribution is -2.55. The predicted molar refractivity (Wildman–Crippen MR) is 87.1 cm³/mol. The monoisotopic (exact) mass is 286 g/mol. The van der Waals surface area contributed by atoms with Gasteiger partial charge in [-0.15, -0.1) is 0 Å². The first-order valence-electron chi connectivity index (χ1n) is 7.21. The van der Waals surface area contributed by atoms with E-state index in [2.05, 4.69) is 77.0 Å². The van der Waals surface area contributed by atoms with Crippen molar-refractivity contribution in [2.45, 2.75) is 78.7 Å². The molecule has 0 saturated heterocycles. The Morgan fingerprint density at radius 1 is 0.556 bits per heavy atom. The molecule has 0 bridgehead atoms. The van der Waals surface area contributed by atoms with Gasteiger partial charge in [-0.05, 0) is 34.5 Å². The van der Waals surface area contributed by atoms with Gasteiger partial charge >= 0.3 is 0 Å². The number of rotatable bonds is 3. The third kappa shape index (κ3) is 2.37. The summed E-state index contributed by atoms with van der Waals surface area (Å²) in [5, 5.41) is 1.62. The smallest absolute Gasteiger partial charge is 0.0254 e. The van der Waals surface area contributed by atoms with E-state index in [0.29, 0.717) is 21.7 Å². The van der Waals surface area contributed by atoms with E-state index in [-0.39, 0.29) is 0 Å². The molecular weight excluding hydrogens is 256 g/mol. The molecule has 2 rings (SSSR count). The molecule has 0 aromatic rings. The minimum Gasteiger partial charge on any atom is -0.0893 e. The van der Waals surface area contributed by atoms with E-state index in [1.54, 1.807) is 0 Å². The first kappa shape index (κ1) is 15.1.